The number of carboxylic acid groups (broad SMARTS) is 1. The highest BCUT2D eigenvalue weighted by molar-refractivity contribution is 9.10. The van der Waals surface area contributed by atoms with Gasteiger partial charge >= 0.3 is 11.9 Å². The van der Waals surface area contributed by atoms with E-state index < -0.39 is 29.8 Å². The highest BCUT2D eigenvalue weighted by Crippen LogP contribution is 2.37. The molecule has 1 aromatic heterocycles. The molecule has 2 unspecified atom stereocenters. The number of halogens is 2. The maximum absolute atomic E-state index is 14.0. The molecule has 0 saturated carbocycles. The van der Waals surface area contributed by atoms with E-state index in [1.165, 1.54) is 23.5 Å². The summed E-state index contributed by atoms with van der Waals surface area (Å²) < 4.78 is 20.0. The number of piperazine rings is 1. The van der Waals surface area contributed by atoms with E-state index >= 15 is 0 Å². The summed E-state index contributed by atoms with van der Waals surface area (Å²) in [4.78, 5) is 39.2. The van der Waals surface area contributed by atoms with Gasteiger partial charge in [-0.05, 0) is 42.2 Å². The Morgan fingerprint density at radius 1 is 1.16 bits per heavy atom. The smallest absolute Gasteiger partial charge is 0.338 e. The molecular weight excluding hydrogens is 637 g/mol. The highest BCUT2D eigenvalue weighted by Gasteiger charge is 2.36. The van der Waals surface area contributed by atoms with Gasteiger partial charge in [0.15, 0.2) is 10.8 Å². The predicted molar refractivity (Wildman–Crippen MR) is 166 cm³/mol. The number of amidine groups is 1. The van der Waals surface area contributed by atoms with Crippen LogP contribution in [0.4, 0.5) is 4.39 Å². The van der Waals surface area contributed by atoms with Crippen LogP contribution < -0.4 is 5.32 Å². The molecular formula is C31H33BrFN5O4S. The Kier molecular flexibility index (Phi) is 10.0. The van der Waals surface area contributed by atoms with Crippen molar-refractivity contribution in [3.63, 3.8) is 0 Å². The minimum atomic E-state index is -0.879. The van der Waals surface area contributed by atoms with Crippen molar-refractivity contribution in [3.8, 4) is 0 Å². The summed E-state index contributed by atoms with van der Waals surface area (Å²) in [5, 5.41) is 16.0. The number of aliphatic carboxylic acids is 1. The molecule has 3 aromatic rings. The summed E-state index contributed by atoms with van der Waals surface area (Å²) in [5.41, 5.74) is 3.52. The molecule has 2 aromatic carbocycles. The summed E-state index contributed by atoms with van der Waals surface area (Å²) in [6.45, 7) is 6.63. The van der Waals surface area contributed by atoms with Crippen LogP contribution in [0.15, 0.2) is 74.8 Å². The molecule has 0 bridgehead atoms. The number of nitrogens with one attached hydrogen (secondary N) is 1. The fourth-order valence-corrected chi connectivity index (χ4v) is 6.57. The first-order valence-corrected chi connectivity index (χ1v) is 15.8. The summed E-state index contributed by atoms with van der Waals surface area (Å²) >= 11 is 4.88. The third-order valence-corrected chi connectivity index (χ3v) is 9.07. The van der Waals surface area contributed by atoms with E-state index in [2.05, 4.69) is 38.1 Å². The molecule has 226 valence electrons. The van der Waals surface area contributed by atoms with Crippen LogP contribution in [0.1, 0.15) is 47.6 Å². The number of thiazole rings is 1. The molecule has 43 heavy (non-hydrogen) atoms. The molecule has 9 nitrogen and oxygen atoms in total. The number of aryl methyl sites for hydroxylation is 1. The van der Waals surface area contributed by atoms with Gasteiger partial charge in [-0.3, -0.25) is 19.6 Å². The van der Waals surface area contributed by atoms with Gasteiger partial charge in [0.2, 0.25) is 0 Å². The Labute approximate surface area is 262 Å². The summed E-state index contributed by atoms with van der Waals surface area (Å²) in [6.07, 6.45) is 2.58. The van der Waals surface area contributed by atoms with E-state index in [4.69, 9.17) is 9.73 Å². The number of nitrogens with zero attached hydrogens (tertiary/aromatic N) is 4. The Hall–Kier alpha value is -3.45. The van der Waals surface area contributed by atoms with E-state index in [-0.39, 0.29) is 6.61 Å². The molecule has 0 aliphatic carbocycles. The number of aromatic nitrogens is 1. The van der Waals surface area contributed by atoms with Crippen molar-refractivity contribution < 1.29 is 23.8 Å². The number of aliphatic imine (C=N–C) groups is 1. The van der Waals surface area contributed by atoms with Gasteiger partial charge in [-0.25, -0.2) is 14.2 Å². The lowest BCUT2D eigenvalue weighted by molar-refractivity contribution is -0.144. The first-order valence-electron chi connectivity index (χ1n) is 14.2. The monoisotopic (exact) mass is 669 g/mol. The van der Waals surface area contributed by atoms with Crippen molar-refractivity contribution in [3.05, 3.63) is 97.3 Å². The molecule has 0 radical (unpaired) electrons. The Bertz CT molecular complexity index is 1520. The Morgan fingerprint density at radius 3 is 2.51 bits per heavy atom. The first kappa shape index (κ1) is 31.0. The van der Waals surface area contributed by atoms with Gasteiger partial charge in [0.25, 0.3) is 0 Å². The second-order valence-corrected chi connectivity index (χ2v) is 12.0. The van der Waals surface area contributed by atoms with Crippen LogP contribution in [0.3, 0.4) is 0 Å². The molecule has 12 heteroatoms. The number of esters is 1. The van der Waals surface area contributed by atoms with E-state index in [9.17, 15) is 19.1 Å². The molecule has 2 N–H and O–H groups in total. The van der Waals surface area contributed by atoms with Crippen molar-refractivity contribution >= 4 is 45.0 Å². The standard InChI is InChI=1S/C31H33BrFN5O4S/c1-3-19-5-7-20(8-6-19)27(30(39)40)38-14-12-37(13-15-38)18-24-25(31(41)42-4-2)26(22-10-9-21(33)17-23(22)32)36-28(35-24)29-34-11-16-43-29/h5-11,16-17,26-27H,3-4,12-15,18H2,1-2H3,(H,35,36)(H,39,40). The van der Waals surface area contributed by atoms with Gasteiger partial charge in [-0.1, -0.05) is 53.2 Å². The zero-order valence-corrected chi connectivity index (χ0v) is 26.3. The van der Waals surface area contributed by atoms with Crippen LogP contribution in [0, 0.1) is 5.82 Å². The van der Waals surface area contributed by atoms with Crippen molar-refractivity contribution in [2.24, 2.45) is 4.99 Å². The number of carboxylic acids is 1. The molecule has 0 spiro atoms. The topological polar surface area (TPSA) is 107 Å². The van der Waals surface area contributed by atoms with Gasteiger partial charge < -0.3 is 15.2 Å². The minimum absolute atomic E-state index is 0.185. The number of carbonyl (C=O) groups is 2. The van der Waals surface area contributed by atoms with Gasteiger partial charge in [-0.15, -0.1) is 11.3 Å². The van der Waals surface area contributed by atoms with Crippen LogP contribution >= 0.6 is 27.3 Å². The maximum Gasteiger partial charge on any atom is 0.338 e. The van der Waals surface area contributed by atoms with E-state index in [1.807, 2.05) is 34.5 Å². The Morgan fingerprint density at radius 2 is 1.91 bits per heavy atom. The van der Waals surface area contributed by atoms with Crippen molar-refractivity contribution in [2.45, 2.75) is 32.4 Å². The van der Waals surface area contributed by atoms with E-state index in [1.54, 1.807) is 19.2 Å². The average Bonchev–Trinajstić information content (AvgIpc) is 3.53. The van der Waals surface area contributed by atoms with Crippen LogP contribution in [-0.4, -0.2) is 77.0 Å². The lowest BCUT2D eigenvalue weighted by atomic mass is 9.95. The number of benzene rings is 2. The van der Waals surface area contributed by atoms with Gasteiger partial charge in [0.1, 0.15) is 17.9 Å². The Balaban J connectivity index is 1.42. The van der Waals surface area contributed by atoms with E-state index in [0.717, 1.165) is 17.5 Å². The SMILES string of the molecule is CCOC(=O)C1=C(CN2CCN(C(C(=O)O)c3ccc(CC)cc3)CC2)NC(c2nccs2)=NC1c1ccc(F)cc1Br. The molecule has 5 rings (SSSR count). The quantitative estimate of drug-likeness (QED) is 0.292. The third-order valence-electron chi connectivity index (χ3n) is 7.60. The lowest BCUT2D eigenvalue weighted by Crippen LogP contribution is -2.51. The normalized spacial score (nSPS) is 18.6. The number of carbonyl (C=O) groups excluding carboxylic acids is 1. The van der Waals surface area contributed by atoms with Crippen LogP contribution in [0.5, 0.6) is 0 Å². The molecule has 1 saturated heterocycles. The fraction of sp³-hybridized carbons (Fsp3) is 0.355. The average molecular weight is 671 g/mol. The van der Waals surface area contributed by atoms with Crippen LogP contribution in [0.2, 0.25) is 0 Å². The summed E-state index contributed by atoms with van der Waals surface area (Å²) in [6, 6.07) is 10.6. The molecule has 2 aliphatic heterocycles. The second-order valence-electron chi connectivity index (χ2n) is 10.3. The number of hydrogen-bond acceptors (Lipinski definition) is 9. The zero-order chi connectivity index (χ0) is 30.5. The van der Waals surface area contributed by atoms with Gasteiger partial charge in [0.05, 0.1) is 12.2 Å². The second kappa shape index (κ2) is 13.9. The summed E-state index contributed by atoms with van der Waals surface area (Å²) in [5.74, 6) is -1.28. The molecule has 0 amide bonds. The van der Waals surface area contributed by atoms with Crippen LogP contribution in [-0.2, 0) is 20.7 Å². The van der Waals surface area contributed by atoms with Gasteiger partial charge in [0, 0.05) is 54.5 Å². The maximum atomic E-state index is 14.0. The molecule has 2 aliphatic rings. The van der Waals surface area contributed by atoms with Crippen molar-refractivity contribution in [1.82, 2.24) is 20.1 Å². The van der Waals surface area contributed by atoms with Crippen molar-refractivity contribution in [2.75, 3.05) is 39.3 Å². The predicted octanol–water partition coefficient (Wildman–Crippen LogP) is 4.96. The number of ether oxygens (including phenoxy) is 1. The fourth-order valence-electron chi connectivity index (χ4n) is 5.42. The number of rotatable bonds is 10. The minimum Gasteiger partial charge on any atom is -0.480 e. The highest BCUT2D eigenvalue weighted by atomic mass is 79.9. The van der Waals surface area contributed by atoms with Gasteiger partial charge in [-0.2, -0.15) is 0 Å². The molecule has 2 atom stereocenters. The molecule has 3 heterocycles. The lowest BCUT2D eigenvalue weighted by Gasteiger charge is -2.39. The third kappa shape index (κ3) is 7.04. The zero-order valence-electron chi connectivity index (χ0n) is 23.9. The van der Waals surface area contributed by atoms with E-state index in [0.29, 0.717) is 64.9 Å². The van der Waals surface area contributed by atoms with Crippen molar-refractivity contribution in [1.29, 1.82) is 0 Å². The van der Waals surface area contributed by atoms with Crippen LogP contribution in [0.25, 0.3) is 0 Å². The first-order chi connectivity index (χ1) is 20.8. The molecule has 1 fully saturated rings. The largest absolute Gasteiger partial charge is 0.480 e. The summed E-state index contributed by atoms with van der Waals surface area (Å²) in [7, 11) is 0. The number of hydrogen-bond donors (Lipinski definition) is 2.